The summed E-state index contributed by atoms with van der Waals surface area (Å²) in [5, 5.41) is 7.26. The maximum Gasteiger partial charge on any atom is 0.319 e. The third-order valence-electron chi connectivity index (χ3n) is 7.00. The summed E-state index contributed by atoms with van der Waals surface area (Å²) >= 11 is 0. The topological polar surface area (TPSA) is 58.5 Å². The number of fused-ring (bicyclic) bond motifs is 1. The van der Waals surface area contributed by atoms with Crippen molar-refractivity contribution in [3.8, 4) is 17.0 Å². The zero-order valence-electron chi connectivity index (χ0n) is 19.9. The molecule has 0 aliphatic heterocycles. The number of rotatable bonds is 7. The molecule has 2 fully saturated rings. The van der Waals surface area contributed by atoms with Crippen LogP contribution in [0.5, 0.6) is 5.75 Å². The molecule has 0 saturated heterocycles. The van der Waals surface area contributed by atoms with Crippen LogP contribution in [0.15, 0.2) is 42.5 Å². The number of ether oxygens (including phenoxy) is 1. The molecule has 174 valence electrons. The molecule has 0 spiro atoms. The van der Waals surface area contributed by atoms with Crippen molar-refractivity contribution in [3.05, 3.63) is 42.5 Å². The lowest BCUT2D eigenvalue weighted by Crippen LogP contribution is -2.41. The Labute approximate surface area is 195 Å². The van der Waals surface area contributed by atoms with Crippen LogP contribution in [0, 0.1) is 0 Å². The summed E-state index contributed by atoms with van der Waals surface area (Å²) in [4.78, 5) is 14.5. The first kappa shape index (κ1) is 21.7. The molecule has 6 nitrogen and oxygen atoms in total. The lowest BCUT2D eigenvalue weighted by atomic mass is 9.92. The second-order valence-electron chi connectivity index (χ2n) is 9.46. The van der Waals surface area contributed by atoms with E-state index in [0.29, 0.717) is 18.7 Å². The van der Waals surface area contributed by atoms with Crippen molar-refractivity contribution in [2.24, 2.45) is 0 Å². The average Bonchev–Trinajstić information content (AvgIpc) is 3.05. The van der Waals surface area contributed by atoms with E-state index in [1.165, 1.54) is 48.0 Å². The molecule has 1 aromatic heterocycles. The largest absolute Gasteiger partial charge is 0.494 e. The minimum Gasteiger partial charge on any atom is -0.494 e. The molecule has 3 aromatic rings. The number of carbonyl (C=O) groups excluding carboxylic acids is 1. The van der Waals surface area contributed by atoms with Crippen LogP contribution < -0.4 is 20.3 Å². The summed E-state index contributed by atoms with van der Waals surface area (Å²) in [7, 11) is 4.22. The Balaban J connectivity index is 1.53. The van der Waals surface area contributed by atoms with Gasteiger partial charge < -0.3 is 24.8 Å². The van der Waals surface area contributed by atoms with E-state index in [-0.39, 0.29) is 6.03 Å². The SMILES string of the molecule is CCOc1ccc2c(N(C)C)c(-c3ccc(NC(=O)NC4CCC4)cc3)n(C3CCC3)c2c1. The first-order valence-electron chi connectivity index (χ1n) is 12.2. The van der Waals surface area contributed by atoms with E-state index in [1.807, 2.05) is 19.1 Å². The zero-order chi connectivity index (χ0) is 22.9. The normalized spacial score (nSPS) is 16.2. The predicted octanol–water partition coefficient (Wildman–Crippen LogP) is 6.17. The smallest absolute Gasteiger partial charge is 0.319 e. The van der Waals surface area contributed by atoms with Crippen LogP contribution in [-0.2, 0) is 0 Å². The fraction of sp³-hybridized carbons (Fsp3) is 0.444. The monoisotopic (exact) mass is 446 g/mol. The zero-order valence-corrected chi connectivity index (χ0v) is 19.9. The van der Waals surface area contributed by atoms with Crippen LogP contribution >= 0.6 is 0 Å². The van der Waals surface area contributed by atoms with E-state index in [2.05, 4.69) is 64.5 Å². The summed E-state index contributed by atoms with van der Waals surface area (Å²) in [5.41, 5.74) is 5.66. The third-order valence-corrected chi connectivity index (χ3v) is 7.00. The number of hydrogen-bond donors (Lipinski definition) is 2. The maximum absolute atomic E-state index is 12.3. The molecule has 6 heteroatoms. The molecule has 0 radical (unpaired) electrons. The Bertz CT molecular complexity index is 1140. The van der Waals surface area contributed by atoms with E-state index in [4.69, 9.17) is 4.74 Å². The number of hydrogen-bond acceptors (Lipinski definition) is 3. The van der Waals surface area contributed by atoms with Crippen molar-refractivity contribution in [1.29, 1.82) is 0 Å². The van der Waals surface area contributed by atoms with Crippen molar-refractivity contribution in [1.82, 2.24) is 9.88 Å². The van der Waals surface area contributed by atoms with Crippen LogP contribution in [0.1, 0.15) is 51.5 Å². The fourth-order valence-corrected chi connectivity index (χ4v) is 4.90. The Kier molecular flexibility index (Phi) is 5.92. The fourth-order valence-electron chi connectivity index (χ4n) is 4.90. The highest BCUT2D eigenvalue weighted by molar-refractivity contribution is 6.03. The van der Waals surface area contributed by atoms with Crippen molar-refractivity contribution in [2.75, 3.05) is 30.9 Å². The molecule has 0 bridgehead atoms. The molecule has 1 heterocycles. The first-order valence-corrected chi connectivity index (χ1v) is 12.2. The minimum absolute atomic E-state index is 0.117. The number of benzene rings is 2. The quantitative estimate of drug-likeness (QED) is 0.456. The van der Waals surface area contributed by atoms with Crippen LogP contribution in [0.2, 0.25) is 0 Å². The van der Waals surface area contributed by atoms with E-state index in [1.54, 1.807) is 0 Å². The van der Waals surface area contributed by atoms with Gasteiger partial charge in [-0.1, -0.05) is 12.1 Å². The summed E-state index contributed by atoms with van der Waals surface area (Å²) in [5.74, 6) is 0.914. The summed E-state index contributed by atoms with van der Waals surface area (Å²) in [6.45, 7) is 2.68. The summed E-state index contributed by atoms with van der Waals surface area (Å²) in [6.07, 6.45) is 7.03. The van der Waals surface area contributed by atoms with Gasteiger partial charge in [0.05, 0.1) is 23.5 Å². The van der Waals surface area contributed by atoms with E-state index < -0.39 is 0 Å². The highest BCUT2D eigenvalue weighted by Crippen LogP contribution is 2.47. The van der Waals surface area contributed by atoms with Gasteiger partial charge in [0.2, 0.25) is 0 Å². The van der Waals surface area contributed by atoms with Gasteiger partial charge in [0.1, 0.15) is 5.75 Å². The Morgan fingerprint density at radius 3 is 2.36 bits per heavy atom. The molecule has 2 aliphatic carbocycles. The minimum atomic E-state index is -0.117. The Hall–Kier alpha value is -3.15. The second-order valence-corrected chi connectivity index (χ2v) is 9.46. The first-order chi connectivity index (χ1) is 16.0. The van der Waals surface area contributed by atoms with Gasteiger partial charge in [-0.3, -0.25) is 0 Å². The van der Waals surface area contributed by atoms with Crippen LogP contribution in [-0.4, -0.2) is 37.3 Å². The van der Waals surface area contributed by atoms with Gasteiger partial charge >= 0.3 is 6.03 Å². The Morgan fingerprint density at radius 1 is 1.06 bits per heavy atom. The van der Waals surface area contributed by atoms with E-state index in [9.17, 15) is 4.79 Å². The molecule has 2 saturated carbocycles. The van der Waals surface area contributed by atoms with Crippen molar-refractivity contribution < 1.29 is 9.53 Å². The lowest BCUT2D eigenvalue weighted by molar-refractivity contribution is 0.240. The van der Waals surface area contributed by atoms with Crippen LogP contribution in [0.25, 0.3) is 22.2 Å². The number of aromatic nitrogens is 1. The molecule has 0 unspecified atom stereocenters. The number of carbonyl (C=O) groups is 1. The second kappa shape index (κ2) is 9.00. The molecule has 33 heavy (non-hydrogen) atoms. The standard InChI is InChI=1S/C27H34N4O2/c1-4-33-22-15-16-23-24(17-22)31(21-9-6-10-21)25(26(23)30(2)3)18-11-13-20(14-12-18)29-27(32)28-19-7-5-8-19/h11-17,19,21H,4-10H2,1-3H3,(H2,28,29,32). The van der Waals surface area contributed by atoms with Gasteiger partial charge in [-0.25, -0.2) is 4.79 Å². The van der Waals surface area contributed by atoms with E-state index >= 15 is 0 Å². The van der Waals surface area contributed by atoms with Gasteiger partial charge in [-0.05, 0) is 69.7 Å². The molecule has 2 N–H and O–H groups in total. The summed E-state index contributed by atoms with van der Waals surface area (Å²) in [6, 6.07) is 15.4. The van der Waals surface area contributed by atoms with Gasteiger partial charge in [0, 0.05) is 48.9 Å². The van der Waals surface area contributed by atoms with Gasteiger partial charge in [-0.2, -0.15) is 0 Å². The van der Waals surface area contributed by atoms with Crippen LogP contribution in [0.4, 0.5) is 16.2 Å². The predicted molar refractivity (Wildman–Crippen MR) is 136 cm³/mol. The number of anilines is 2. The molecule has 5 rings (SSSR count). The molecule has 2 aromatic carbocycles. The molecule has 2 aliphatic rings. The lowest BCUT2D eigenvalue weighted by Gasteiger charge is -2.31. The number of nitrogens with one attached hydrogen (secondary N) is 2. The highest BCUT2D eigenvalue weighted by Gasteiger charge is 2.28. The molecule has 2 amide bonds. The van der Waals surface area contributed by atoms with Gasteiger partial charge in [-0.15, -0.1) is 0 Å². The maximum atomic E-state index is 12.3. The number of amides is 2. The van der Waals surface area contributed by atoms with Crippen molar-refractivity contribution in [2.45, 2.75) is 57.5 Å². The number of urea groups is 1. The Morgan fingerprint density at radius 2 is 1.79 bits per heavy atom. The number of nitrogens with zero attached hydrogens (tertiary/aromatic N) is 2. The third kappa shape index (κ3) is 4.14. The molecular formula is C27H34N4O2. The van der Waals surface area contributed by atoms with Gasteiger partial charge in [0.15, 0.2) is 0 Å². The van der Waals surface area contributed by atoms with E-state index in [0.717, 1.165) is 29.8 Å². The van der Waals surface area contributed by atoms with Crippen molar-refractivity contribution >= 4 is 28.3 Å². The van der Waals surface area contributed by atoms with Crippen LogP contribution in [0.3, 0.4) is 0 Å². The molecular weight excluding hydrogens is 412 g/mol. The summed E-state index contributed by atoms with van der Waals surface area (Å²) < 4.78 is 8.35. The van der Waals surface area contributed by atoms with Crippen molar-refractivity contribution in [3.63, 3.8) is 0 Å². The van der Waals surface area contributed by atoms with Gasteiger partial charge in [0.25, 0.3) is 0 Å². The highest BCUT2D eigenvalue weighted by atomic mass is 16.5. The average molecular weight is 447 g/mol. The molecule has 0 atom stereocenters.